The number of nitrogen functional groups attached to an aromatic ring is 1. The molecule has 0 atom stereocenters. The molecule has 0 heterocycles. The van der Waals surface area contributed by atoms with Gasteiger partial charge in [0.2, 0.25) is 10.0 Å². The minimum Gasteiger partial charge on any atom is -0.384 e. The quantitative estimate of drug-likeness (QED) is 0.572. The summed E-state index contributed by atoms with van der Waals surface area (Å²) in [6.07, 6.45) is 4.26. The second-order valence-electron chi connectivity index (χ2n) is 5.35. The van der Waals surface area contributed by atoms with Crippen molar-refractivity contribution in [2.24, 2.45) is 5.73 Å². The molecule has 0 aromatic heterocycles. The Morgan fingerprint density at radius 1 is 1.33 bits per heavy atom. The lowest BCUT2D eigenvalue weighted by atomic mass is 10.0. The first-order valence-electron chi connectivity index (χ1n) is 7.01. The molecule has 0 radical (unpaired) electrons. The van der Waals surface area contributed by atoms with Crippen LogP contribution in [-0.4, -0.2) is 19.5 Å². The first kappa shape index (κ1) is 15.9. The highest BCUT2D eigenvalue weighted by atomic mass is 32.2. The Labute approximate surface area is 124 Å². The number of halogens is 1. The molecule has 1 aromatic rings. The molecule has 1 aliphatic rings. The number of hydrogen-bond acceptors (Lipinski definition) is 3. The fourth-order valence-electron chi connectivity index (χ4n) is 2.53. The molecule has 4 N–H and O–H groups in total. The van der Waals surface area contributed by atoms with Crippen LogP contribution in [0.25, 0.3) is 0 Å². The summed E-state index contributed by atoms with van der Waals surface area (Å²) in [6, 6.07) is 4.11. The molecule has 1 aromatic carbocycles. The smallest absolute Gasteiger partial charge is 0.214 e. The molecule has 1 saturated carbocycles. The summed E-state index contributed by atoms with van der Waals surface area (Å²) in [6.45, 7) is -0.0805. The summed E-state index contributed by atoms with van der Waals surface area (Å²) in [4.78, 5) is 0. The van der Waals surface area contributed by atoms with Crippen LogP contribution in [0.3, 0.4) is 0 Å². The number of hydrogen-bond donors (Lipinski definition) is 3. The lowest BCUT2D eigenvalue weighted by molar-refractivity contribution is 0.477. The summed E-state index contributed by atoms with van der Waals surface area (Å²) in [5, 5.41) is 6.87. The summed E-state index contributed by atoms with van der Waals surface area (Å²) >= 11 is 0. The molecule has 0 aliphatic heterocycles. The van der Waals surface area contributed by atoms with Gasteiger partial charge >= 0.3 is 0 Å². The van der Waals surface area contributed by atoms with Gasteiger partial charge in [-0.1, -0.05) is 31.4 Å². The van der Waals surface area contributed by atoms with E-state index in [-0.39, 0.29) is 28.8 Å². The lowest BCUT2D eigenvalue weighted by Gasteiger charge is -2.22. The van der Waals surface area contributed by atoms with Gasteiger partial charge in [-0.05, 0) is 18.9 Å². The van der Waals surface area contributed by atoms with Gasteiger partial charge in [0.05, 0.1) is 5.25 Å². The van der Waals surface area contributed by atoms with Gasteiger partial charge in [-0.15, -0.1) is 0 Å². The van der Waals surface area contributed by atoms with Gasteiger partial charge in [0.15, 0.2) is 0 Å². The van der Waals surface area contributed by atoms with Crippen LogP contribution in [-0.2, 0) is 16.6 Å². The van der Waals surface area contributed by atoms with Crippen molar-refractivity contribution >= 4 is 15.9 Å². The van der Waals surface area contributed by atoms with Gasteiger partial charge in [0.1, 0.15) is 11.7 Å². The van der Waals surface area contributed by atoms with Crippen LogP contribution in [0.1, 0.15) is 43.2 Å². The number of rotatable bonds is 5. The molecule has 0 spiro atoms. The highest BCUT2D eigenvalue weighted by Gasteiger charge is 2.26. The molecule has 2 rings (SSSR count). The van der Waals surface area contributed by atoms with Gasteiger partial charge < -0.3 is 5.73 Å². The normalized spacial score (nSPS) is 16.8. The number of nitrogens with one attached hydrogen (secondary N) is 2. The zero-order valence-electron chi connectivity index (χ0n) is 11.7. The first-order chi connectivity index (χ1) is 9.90. The topological polar surface area (TPSA) is 96.0 Å². The van der Waals surface area contributed by atoms with Crippen LogP contribution in [0.2, 0.25) is 0 Å². The Balaban J connectivity index is 2.03. The van der Waals surface area contributed by atoms with Crippen LogP contribution in [0, 0.1) is 11.2 Å². The van der Waals surface area contributed by atoms with Crippen molar-refractivity contribution in [3.8, 4) is 0 Å². The maximum Gasteiger partial charge on any atom is 0.214 e. The number of amidine groups is 1. The van der Waals surface area contributed by atoms with Gasteiger partial charge in [-0.2, -0.15) is 0 Å². The second-order valence-corrected chi connectivity index (χ2v) is 7.39. The zero-order valence-corrected chi connectivity index (χ0v) is 12.5. The number of sulfonamides is 1. The van der Waals surface area contributed by atoms with E-state index in [0.29, 0.717) is 12.8 Å². The summed E-state index contributed by atoms with van der Waals surface area (Å²) in [5.74, 6) is -0.780. The molecule has 0 saturated heterocycles. The molecule has 7 heteroatoms. The minimum atomic E-state index is -3.41. The van der Waals surface area contributed by atoms with Crippen molar-refractivity contribution in [2.75, 3.05) is 0 Å². The van der Waals surface area contributed by atoms with E-state index >= 15 is 0 Å². The van der Waals surface area contributed by atoms with E-state index in [4.69, 9.17) is 11.1 Å². The fraction of sp³-hybridized carbons (Fsp3) is 0.500. The first-order valence-corrected chi connectivity index (χ1v) is 8.56. The van der Waals surface area contributed by atoms with Gasteiger partial charge in [-0.3, -0.25) is 5.41 Å². The third-order valence-corrected chi connectivity index (χ3v) is 5.71. The largest absolute Gasteiger partial charge is 0.384 e. The predicted octanol–water partition coefficient (Wildman–Crippen LogP) is 1.86. The molecule has 1 aliphatic carbocycles. The maximum atomic E-state index is 13.8. The Morgan fingerprint density at radius 3 is 2.57 bits per heavy atom. The maximum absolute atomic E-state index is 13.8. The fourth-order valence-corrected chi connectivity index (χ4v) is 4.08. The van der Waals surface area contributed by atoms with E-state index in [1.807, 2.05) is 0 Å². The summed E-state index contributed by atoms with van der Waals surface area (Å²) < 4.78 is 40.6. The third kappa shape index (κ3) is 4.01. The van der Waals surface area contributed by atoms with E-state index in [1.165, 1.54) is 12.1 Å². The van der Waals surface area contributed by atoms with Crippen LogP contribution >= 0.6 is 0 Å². The van der Waals surface area contributed by atoms with Gasteiger partial charge in [0, 0.05) is 17.7 Å². The summed E-state index contributed by atoms with van der Waals surface area (Å²) in [7, 11) is -3.41. The zero-order chi connectivity index (χ0) is 15.5. The van der Waals surface area contributed by atoms with E-state index in [0.717, 1.165) is 25.3 Å². The molecular weight excluding hydrogens is 293 g/mol. The SMILES string of the molecule is N=C(N)c1ccc(CNS(=O)(=O)C2CCCCC2)c(F)c1. The van der Waals surface area contributed by atoms with E-state index in [9.17, 15) is 12.8 Å². The molecule has 5 nitrogen and oxygen atoms in total. The monoisotopic (exact) mass is 313 g/mol. The molecule has 1 fully saturated rings. The Kier molecular flexibility index (Phi) is 4.95. The van der Waals surface area contributed by atoms with E-state index < -0.39 is 15.8 Å². The van der Waals surface area contributed by atoms with Crippen LogP contribution < -0.4 is 10.5 Å². The van der Waals surface area contributed by atoms with Gasteiger partial charge in [0.25, 0.3) is 0 Å². The van der Waals surface area contributed by atoms with E-state index in [1.54, 1.807) is 0 Å². The van der Waals surface area contributed by atoms with Crippen molar-refractivity contribution < 1.29 is 12.8 Å². The van der Waals surface area contributed by atoms with Crippen molar-refractivity contribution in [3.05, 3.63) is 35.1 Å². The minimum absolute atomic E-state index is 0.0805. The Hall–Kier alpha value is -1.47. The third-order valence-electron chi connectivity index (χ3n) is 3.82. The second kappa shape index (κ2) is 6.53. The van der Waals surface area contributed by atoms with Gasteiger partial charge in [-0.25, -0.2) is 17.5 Å². The molecule has 0 unspecified atom stereocenters. The van der Waals surface area contributed by atoms with Crippen molar-refractivity contribution in [1.29, 1.82) is 5.41 Å². The predicted molar refractivity (Wildman–Crippen MR) is 80.0 cm³/mol. The summed E-state index contributed by atoms with van der Waals surface area (Å²) in [5.41, 5.74) is 5.81. The highest BCUT2D eigenvalue weighted by molar-refractivity contribution is 7.90. The Bertz CT molecular complexity index is 625. The Morgan fingerprint density at radius 2 is 2.00 bits per heavy atom. The number of nitrogens with two attached hydrogens (primary N) is 1. The van der Waals surface area contributed by atoms with Crippen molar-refractivity contribution in [1.82, 2.24) is 4.72 Å². The van der Waals surface area contributed by atoms with Crippen molar-refractivity contribution in [2.45, 2.75) is 43.9 Å². The molecule has 21 heavy (non-hydrogen) atoms. The standard InChI is InChI=1S/C14H20FN3O2S/c15-13-8-10(14(16)17)6-7-11(13)9-18-21(19,20)12-4-2-1-3-5-12/h6-8,12,18H,1-5,9H2,(H3,16,17). The molecular formula is C14H20FN3O2S. The van der Waals surface area contributed by atoms with Crippen LogP contribution in [0.15, 0.2) is 18.2 Å². The molecule has 0 amide bonds. The molecule has 0 bridgehead atoms. The average Bonchev–Trinajstić information content (AvgIpc) is 2.46. The van der Waals surface area contributed by atoms with E-state index in [2.05, 4.69) is 4.72 Å². The highest BCUT2D eigenvalue weighted by Crippen LogP contribution is 2.23. The van der Waals surface area contributed by atoms with Crippen molar-refractivity contribution in [3.63, 3.8) is 0 Å². The number of benzene rings is 1. The lowest BCUT2D eigenvalue weighted by Crippen LogP contribution is -2.35. The van der Waals surface area contributed by atoms with Crippen LogP contribution in [0.5, 0.6) is 0 Å². The molecule has 116 valence electrons. The van der Waals surface area contributed by atoms with Crippen LogP contribution in [0.4, 0.5) is 4.39 Å². The average molecular weight is 313 g/mol.